The summed E-state index contributed by atoms with van der Waals surface area (Å²) in [7, 11) is 0. The van der Waals surface area contributed by atoms with Crippen LogP contribution in [-0.4, -0.2) is 11.1 Å². The largest absolute Gasteiger partial charge is 0.475 e. The van der Waals surface area contributed by atoms with E-state index in [9.17, 15) is 4.79 Å². The van der Waals surface area contributed by atoms with Gasteiger partial charge >= 0.3 is 5.97 Å². The Hall–Kier alpha value is -1.94. The molecule has 5 heteroatoms. The van der Waals surface area contributed by atoms with Gasteiger partial charge in [0.05, 0.1) is 6.04 Å². The smallest absolute Gasteiger partial charge is 0.371 e. The maximum atomic E-state index is 10.7. The first-order valence-electron chi connectivity index (χ1n) is 5.41. The molecule has 0 amide bonds. The molecule has 0 radical (unpaired) electrons. The van der Waals surface area contributed by atoms with E-state index >= 15 is 0 Å². The number of benzene rings is 1. The molecule has 0 fully saturated rings. The Labute approximate surface area is 109 Å². The molecule has 94 valence electrons. The standard InChI is InChI=1S/C13H12ClNO3/c1-8(9-3-2-4-10(14)7-9)15-12-6-5-11(18-12)13(16)17/h2-8,15H,1H3,(H,16,17). The zero-order valence-electron chi connectivity index (χ0n) is 9.68. The molecule has 0 saturated heterocycles. The number of carbonyl (C=O) groups is 1. The number of carboxylic acids is 1. The molecule has 2 aromatic rings. The number of hydrogen-bond donors (Lipinski definition) is 2. The number of furan rings is 1. The van der Waals surface area contributed by atoms with Gasteiger partial charge in [0, 0.05) is 11.1 Å². The Morgan fingerprint density at radius 3 is 2.78 bits per heavy atom. The second kappa shape index (κ2) is 5.14. The van der Waals surface area contributed by atoms with Gasteiger partial charge in [-0.15, -0.1) is 0 Å². The van der Waals surface area contributed by atoms with Gasteiger partial charge in [-0.05, 0) is 30.7 Å². The van der Waals surface area contributed by atoms with Crippen LogP contribution in [0.2, 0.25) is 5.02 Å². The highest BCUT2D eigenvalue weighted by Crippen LogP contribution is 2.23. The summed E-state index contributed by atoms with van der Waals surface area (Å²) in [6, 6.07) is 10.4. The fourth-order valence-electron chi connectivity index (χ4n) is 1.60. The SMILES string of the molecule is CC(Nc1ccc(C(=O)O)o1)c1cccc(Cl)c1. The normalized spacial score (nSPS) is 12.1. The highest BCUT2D eigenvalue weighted by molar-refractivity contribution is 6.30. The van der Waals surface area contributed by atoms with Gasteiger partial charge in [-0.3, -0.25) is 0 Å². The molecule has 1 unspecified atom stereocenters. The second-order valence-electron chi connectivity index (χ2n) is 3.89. The Morgan fingerprint density at radius 1 is 1.39 bits per heavy atom. The summed E-state index contributed by atoms with van der Waals surface area (Å²) in [6.07, 6.45) is 0. The van der Waals surface area contributed by atoms with Crippen molar-refractivity contribution in [2.24, 2.45) is 0 Å². The van der Waals surface area contributed by atoms with Crippen LogP contribution < -0.4 is 5.32 Å². The maximum Gasteiger partial charge on any atom is 0.371 e. The Kier molecular flexibility index (Phi) is 3.58. The van der Waals surface area contributed by atoms with E-state index in [0.717, 1.165) is 5.56 Å². The number of aromatic carboxylic acids is 1. The summed E-state index contributed by atoms with van der Waals surface area (Å²) < 4.78 is 5.12. The molecule has 0 saturated carbocycles. The van der Waals surface area contributed by atoms with Crippen molar-refractivity contribution in [3.05, 3.63) is 52.7 Å². The molecule has 1 aromatic heterocycles. The molecular formula is C13H12ClNO3. The van der Waals surface area contributed by atoms with Gasteiger partial charge in [0.1, 0.15) is 0 Å². The summed E-state index contributed by atoms with van der Waals surface area (Å²) in [5, 5.41) is 12.5. The molecule has 1 heterocycles. The number of anilines is 1. The van der Waals surface area contributed by atoms with Gasteiger partial charge in [0.25, 0.3) is 0 Å². The highest BCUT2D eigenvalue weighted by atomic mass is 35.5. The van der Waals surface area contributed by atoms with Crippen molar-refractivity contribution in [2.75, 3.05) is 5.32 Å². The number of rotatable bonds is 4. The van der Waals surface area contributed by atoms with Gasteiger partial charge < -0.3 is 14.8 Å². The predicted molar refractivity (Wildman–Crippen MR) is 69.2 cm³/mol. The van der Waals surface area contributed by atoms with E-state index in [4.69, 9.17) is 21.1 Å². The lowest BCUT2D eigenvalue weighted by atomic mass is 10.1. The van der Waals surface area contributed by atoms with E-state index < -0.39 is 5.97 Å². The topological polar surface area (TPSA) is 62.5 Å². The summed E-state index contributed by atoms with van der Waals surface area (Å²) in [5.74, 6) is -0.755. The number of carboxylic acid groups (broad SMARTS) is 1. The molecule has 1 atom stereocenters. The zero-order chi connectivity index (χ0) is 13.1. The van der Waals surface area contributed by atoms with Gasteiger partial charge in [0.15, 0.2) is 5.88 Å². The highest BCUT2D eigenvalue weighted by Gasteiger charge is 2.11. The van der Waals surface area contributed by atoms with Crippen LogP contribution in [0.1, 0.15) is 29.1 Å². The third kappa shape index (κ3) is 2.84. The molecule has 18 heavy (non-hydrogen) atoms. The van der Waals surface area contributed by atoms with Crippen molar-refractivity contribution in [3.63, 3.8) is 0 Å². The molecule has 2 N–H and O–H groups in total. The van der Waals surface area contributed by atoms with Crippen molar-refractivity contribution < 1.29 is 14.3 Å². The molecule has 4 nitrogen and oxygen atoms in total. The van der Waals surface area contributed by atoms with Crippen LogP contribution in [0.4, 0.5) is 5.88 Å². The summed E-state index contributed by atoms with van der Waals surface area (Å²) >= 11 is 5.91. The molecular weight excluding hydrogens is 254 g/mol. The van der Waals surface area contributed by atoms with E-state index in [1.54, 1.807) is 12.1 Å². The molecule has 2 rings (SSSR count). The lowest BCUT2D eigenvalue weighted by molar-refractivity contribution is 0.0663. The van der Waals surface area contributed by atoms with Crippen molar-refractivity contribution in [1.29, 1.82) is 0 Å². The van der Waals surface area contributed by atoms with Gasteiger partial charge in [0.2, 0.25) is 5.76 Å². The average Bonchev–Trinajstić information content (AvgIpc) is 2.77. The Morgan fingerprint density at radius 2 is 2.17 bits per heavy atom. The van der Waals surface area contributed by atoms with Crippen LogP contribution in [0.25, 0.3) is 0 Å². The molecule has 1 aromatic carbocycles. The third-order valence-corrected chi connectivity index (χ3v) is 2.76. The fourth-order valence-corrected chi connectivity index (χ4v) is 1.80. The summed E-state index contributed by atoms with van der Waals surface area (Å²) in [5.41, 5.74) is 0.996. The summed E-state index contributed by atoms with van der Waals surface area (Å²) in [6.45, 7) is 1.94. The Bertz CT molecular complexity index is 565. The number of nitrogens with one attached hydrogen (secondary N) is 1. The van der Waals surface area contributed by atoms with Crippen LogP contribution in [0.15, 0.2) is 40.8 Å². The first-order chi connectivity index (χ1) is 8.56. The van der Waals surface area contributed by atoms with E-state index in [1.165, 1.54) is 6.07 Å². The fraction of sp³-hybridized carbons (Fsp3) is 0.154. The van der Waals surface area contributed by atoms with Gasteiger partial charge in [-0.2, -0.15) is 0 Å². The minimum atomic E-state index is -1.08. The zero-order valence-corrected chi connectivity index (χ0v) is 10.4. The van der Waals surface area contributed by atoms with Crippen molar-refractivity contribution in [3.8, 4) is 0 Å². The van der Waals surface area contributed by atoms with E-state index in [-0.39, 0.29) is 11.8 Å². The summed E-state index contributed by atoms with van der Waals surface area (Å²) in [4.78, 5) is 10.7. The van der Waals surface area contributed by atoms with Crippen LogP contribution in [0.3, 0.4) is 0 Å². The minimum absolute atomic E-state index is 0.0310. The molecule has 0 aliphatic heterocycles. The lowest BCUT2D eigenvalue weighted by Gasteiger charge is -2.13. The molecule has 0 spiro atoms. The first kappa shape index (κ1) is 12.5. The maximum absolute atomic E-state index is 10.7. The van der Waals surface area contributed by atoms with Gasteiger partial charge in [-0.25, -0.2) is 4.79 Å². The number of hydrogen-bond acceptors (Lipinski definition) is 3. The van der Waals surface area contributed by atoms with Crippen molar-refractivity contribution in [2.45, 2.75) is 13.0 Å². The third-order valence-electron chi connectivity index (χ3n) is 2.52. The first-order valence-corrected chi connectivity index (χ1v) is 5.79. The van der Waals surface area contributed by atoms with Crippen LogP contribution in [0, 0.1) is 0 Å². The lowest BCUT2D eigenvalue weighted by Crippen LogP contribution is -2.05. The van der Waals surface area contributed by atoms with Crippen molar-refractivity contribution >= 4 is 23.5 Å². The predicted octanol–water partition coefficient (Wildman–Crippen LogP) is 3.80. The molecule has 0 aliphatic rings. The van der Waals surface area contributed by atoms with Crippen LogP contribution in [0.5, 0.6) is 0 Å². The minimum Gasteiger partial charge on any atom is -0.475 e. The van der Waals surface area contributed by atoms with E-state index in [1.807, 2.05) is 25.1 Å². The molecule has 0 bridgehead atoms. The van der Waals surface area contributed by atoms with Crippen molar-refractivity contribution in [1.82, 2.24) is 0 Å². The quantitative estimate of drug-likeness (QED) is 0.882. The monoisotopic (exact) mass is 265 g/mol. The van der Waals surface area contributed by atoms with E-state index in [2.05, 4.69) is 5.32 Å². The molecule has 0 aliphatic carbocycles. The van der Waals surface area contributed by atoms with E-state index in [0.29, 0.717) is 10.9 Å². The van der Waals surface area contributed by atoms with Gasteiger partial charge in [-0.1, -0.05) is 23.7 Å². The van der Waals surface area contributed by atoms with Crippen LogP contribution in [-0.2, 0) is 0 Å². The second-order valence-corrected chi connectivity index (χ2v) is 4.33. The van der Waals surface area contributed by atoms with Crippen LogP contribution >= 0.6 is 11.6 Å². The number of halogens is 1. The Balaban J connectivity index is 2.11. The average molecular weight is 266 g/mol.